The van der Waals surface area contributed by atoms with Gasteiger partial charge in [0.05, 0.1) is 11.6 Å². The van der Waals surface area contributed by atoms with Gasteiger partial charge in [0, 0.05) is 60.9 Å². The predicted molar refractivity (Wildman–Crippen MR) is 148 cm³/mol. The zero-order valence-electron chi connectivity index (χ0n) is 23.3. The Balaban J connectivity index is 1.22. The molecule has 228 valence electrons. The molecule has 0 radical (unpaired) electrons. The molecule has 7 nitrogen and oxygen atoms in total. The fourth-order valence-electron chi connectivity index (χ4n) is 6.48. The predicted octanol–water partition coefficient (Wildman–Crippen LogP) is 5.02. The minimum atomic E-state index is -5.13. The van der Waals surface area contributed by atoms with E-state index in [2.05, 4.69) is 11.4 Å². The summed E-state index contributed by atoms with van der Waals surface area (Å²) in [4.78, 5) is 28.1. The molecule has 2 saturated heterocycles. The highest BCUT2D eigenvalue weighted by Gasteiger charge is 2.46. The molecule has 12 heteroatoms. The lowest BCUT2D eigenvalue weighted by Crippen LogP contribution is -2.50. The summed E-state index contributed by atoms with van der Waals surface area (Å²) in [6, 6.07) is 10.7. The fraction of sp³-hybridized carbons (Fsp3) is 0.452. The Hall–Kier alpha value is -3.98. The molecule has 0 bridgehead atoms. The van der Waals surface area contributed by atoms with Crippen molar-refractivity contribution in [3.05, 3.63) is 70.8 Å². The van der Waals surface area contributed by atoms with Gasteiger partial charge in [-0.1, -0.05) is 6.07 Å². The van der Waals surface area contributed by atoms with Gasteiger partial charge in [0.25, 0.3) is 0 Å². The van der Waals surface area contributed by atoms with Gasteiger partial charge in [-0.3, -0.25) is 9.69 Å². The monoisotopic (exact) mass is 602 g/mol. The maximum Gasteiger partial charge on any atom is 0.490 e. The van der Waals surface area contributed by atoms with Gasteiger partial charge in [0.1, 0.15) is 17.7 Å². The lowest BCUT2D eigenvalue weighted by Gasteiger charge is -2.42. The van der Waals surface area contributed by atoms with Crippen LogP contribution >= 0.6 is 0 Å². The van der Waals surface area contributed by atoms with Crippen LogP contribution in [0.1, 0.15) is 42.4 Å². The summed E-state index contributed by atoms with van der Waals surface area (Å²) in [6.45, 7) is 2.38. The fourth-order valence-corrected chi connectivity index (χ4v) is 6.48. The van der Waals surface area contributed by atoms with Crippen LogP contribution in [0.15, 0.2) is 42.5 Å². The molecule has 1 unspecified atom stereocenters. The van der Waals surface area contributed by atoms with E-state index in [0.29, 0.717) is 50.9 Å². The molecule has 3 aliphatic heterocycles. The average Bonchev–Trinajstić information content (AvgIpc) is 3.34. The van der Waals surface area contributed by atoms with Crippen molar-refractivity contribution in [3.63, 3.8) is 0 Å². The Morgan fingerprint density at radius 1 is 1.09 bits per heavy atom. The number of anilines is 1. The number of halogens is 5. The first-order valence-electron chi connectivity index (χ1n) is 14.2. The first-order valence-corrected chi connectivity index (χ1v) is 14.2. The average molecular weight is 603 g/mol. The number of carbonyl (C=O) groups is 2. The highest BCUT2D eigenvalue weighted by molar-refractivity contribution is 5.91. The smallest absolute Gasteiger partial charge is 0.454 e. The number of nitrogens with zero attached hydrogens (tertiary/aromatic N) is 3. The zero-order chi connectivity index (χ0) is 30.8. The van der Waals surface area contributed by atoms with Crippen molar-refractivity contribution in [2.24, 2.45) is 5.92 Å². The highest BCUT2D eigenvalue weighted by Crippen LogP contribution is 2.45. The number of amides is 1. The number of piperidine rings is 2. The van der Waals surface area contributed by atoms with Crippen LogP contribution in [-0.4, -0.2) is 73.2 Å². The topological polar surface area (TPSA) is 85.7 Å². The molecule has 43 heavy (non-hydrogen) atoms. The van der Waals surface area contributed by atoms with E-state index in [1.165, 1.54) is 17.1 Å². The highest BCUT2D eigenvalue weighted by atomic mass is 19.4. The van der Waals surface area contributed by atoms with E-state index >= 15 is 0 Å². The second-order valence-electron chi connectivity index (χ2n) is 11.4. The van der Waals surface area contributed by atoms with Gasteiger partial charge in [-0.2, -0.15) is 18.4 Å². The number of hydrogen-bond acceptors (Lipinski definition) is 6. The number of alkyl halides is 3. The molecular weight excluding hydrogens is 571 g/mol. The van der Waals surface area contributed by atoms with Crippen LogP contribution in [-0.2, 0) is 19.7 Å². The Kier molecular flexibility index (Phi) is 8.74. The summed E-state index contributed by atoms with van der Waals surface area (Å²) in [5.74, 6) is -4.56. The molecule has 0 aliphatic carbocycles. The zero-order valence-corrected chi connectivity index (χ0v) is 23.3. The molecule has 2 fully saturated rings. The summed E-state index contributed by atoms with van der Waals surface area (Å²) >= 11 is 0. The Morgan fingerprint density at radius 2 is 1.77 bits per heavy atom. The van der Waals surface area contributed by atoms with Crippen LogP contribution in [0, 0.1) is 28.9 Å². The minimum Gasteiger partial charge on any atom is -0.454 e. The first-order chi connectivity index (χ1) is 20.5. The van der Waals surface area contributed by atoms with E-state index in [-0.39, 0.29) is 30.6 Å². The van der Waals surface area contributed by atoms with Crippen molar-refractivity contribution in [1.29, 1.82) is 5.26 Å². The number of carbonyl (C=O) groups excluding carboxylic acids is 2. The van der Waals surface area contributed by atoms with Crippen molar-refractivity contribution in [2.75, 3.05) is 44.6 Å². The van der Waals surface area contributed by atoms with E-state index in [1.807, 2.05) is 17.0 Å². The lowest BCUT2D eigenvalue weighted by atomic mass is 9.72. The van der Waals surface area contributed by atoms with Gasteiger partial charge in [-0.05, 0) is 74.7 Å². The maximum atomic E-state index is 13.4. The third-order valence-electron chi connectivity index (χ3n) is 8.75. The summed E-state index contributed by atoms with van der Waals surface area (Å²) in [5, 5.41) is 13.0. The van der Waals surface area contributed by atoms with E-state index in [0.717, 1.165) is 29.4 Å². The lowest BCUT2D eigenvalue weighted by molar-refractivity contribution is -0.208. The SMILES string of the molecule is N#Cc1cccc2c1C1(CCN(CC(OC(=O)C(F)(F)F)C3CCN(C(=O)C=Cc4cc(F)cc(F)c4)CC3)CC1)CN2. The normalized spacial score (nSPS) is 19.6. The molecule has 0 aromatic heterocycles. The molecule has 0 saturated carbocycles. The molecule has 1 atom stereocenters. The molecule has 1 spiro atoms. The number of nitrogens with one attached hydrogen (secondary N) is 1. The van der Waals surface area contributed by atoms with Crippen molar-refractivity contribution in [1.82, 2.24) is 9.80 Å². The van der Waals surface area contributed by atoms with Crippen LogP contribution in [0.25, 0.3) is 6.08 Å². The van der Waals surface area contributed by atoms with Gasteiger partial charge in [0.15, 0.2) is 0 Å². The van der Waals surface area contributed by atoms with Crippen molar-refractivity contribution in [3.8, 4) is 6.07 Å². The number of esters is 1. The standard InChI is InChI=1S/C31H31F5N4O3/c32-23-14-20(15-24(33)16-23)4-5-27(41)40-10-6-21(7-11-40)26(43-29(42)31(34,35)36)18-39-12-8-30(9-13-39)19-38-25-3-1-2-22(17-37)28(25)30/h1-5,14-16,21,26,38H,6-13,18-19H2. The van der Waals surface area contributed by atoms with Crippen molar-refractivity contribution in [2.45, 2.75) is 43.4 Å². The van der Waals surface area contributed by atoms with Gasteiger partial charge >= 0.3 is 12.1 Å². The molecule has 1 amide bonds. The molecule has 3 heterocycles. The van der Waals surface area contributed by atoms with Crippen LogP contribution in [0.3, 0.4) is 0 Å². The third kappa shape index (κ3) is 6.82. The van der Waals surface area contributed by atoms with Crippen molar-refractivity contribution >= 4 is 23.6 Å². The van der Waals surface area contributed by atoms with E-state index < -0.39 is 41.7 Å². The number of rotatable bonds is 6. The molecule has 1 N–H and O–H groups in total. The third-order valence-corrected chi connectivity index (χ3v) is 8.75. The van der Waals surface area contributed by atoms with E-state index in [4.69, 9.17) is 4.74 Å². The number of hydrogen-bond donors (Lipinski definition) is 1. The van der Waals surface area contributed by atoms with Crippen molar-refractivity contribution < 1.29 is 36.3 Å². The molecule has 5 rings (SSSR count). The molecule has 2 aromatic carbocycles. The second-order valence-corrected chi connectivity index (χ2v) is 11.4. The number of nitriles is 1. The molecular formula is C31H31F5N4O3. The van der Waals surface area contributed by atoms with Crippen LogP contribution in [0.5, 0.6) is 0 Å². The van der Waals surface area contributed by atoms with Gasteiger partial charge in [-0.15, -0.1) is 0 Å². The summed E-state index contributed by atoms with van der Waals surface area (Å²) < 4.78 is 71.4. The van der Waals surface area contributed by atoms with Gasteiger partial charge < -0.3 is 15.0 Å². The summed E-state index contributed by atoms with van der Waals surface area (Å²) in [5.41, 5.74) is 2.48. The first kappa shape index (κ1) is 30.5. The van der Waals surface area contributed by atoms with Gasteiger partial charge in [-0.25, -0.2) is 13.6 Å². The summed E-state index contributed by atoms with van der Waals surface area (Å²) in [6.07, 6.45) is -1.61. The number of ether oxygens (including phenoxy) is 1. The number of fused-ring (bicyclic) bond motifs is 2. The largest absolute Gasteiger partial charge is 0.490 e. The molecule has 2 aromatic rings. The quantitative estimate of drug-likeness (QED) is 0.284. The van der Waals surface area contributed by atoms with Crippen LogP contribution in [0.4, 0.5) is 27.6 Å². The Bertz CT molecular complexity index is 1420. The van der Waals surface area contributed by atoms with Crippen LogP contribution in [0.2, 0.25) is 0 Å². The summed E-state index contributed by atoms with van der Waals surface area (Å²) in [7, 11) is 0. The molecule has 3 aliphatic rings. The second kappa shape index (κ2) is 12.3. The van der Waals surface area contributed by atoms with E-state index in [1.54, 1.807) is 6.07 Å². The number of benzene rings is 2. The van der Waals surface area contributed by atoms with Gasteiger partial charge in [0.2, 0.25) is 5.91 Å². The van der Waals surface area contributed by atoms with E-state index in [9.17, 15) is 36.8 Å². The number of likely N-dealkylation sites (tertiary alicyclic amines) is 2. The maximum absolute atomic E-state index is 13.4. The Labute approximate surface area is 245 Å². The Morgan fingerprint density at radius 3 is 2.40 bits per heavy atom. The van der Waals surface area contributed by atoms with Crippen LogP contribution < -0.4 is 5.32 Å². The minimum absolute atomic E-state index is 0.127.